The molecule has 1 aliphatic rings. The van der Waals surface area contributed by atoms with Crippen molar-refractivity contribution in [3.63, 3.8) is 0 Å². The van der Waals surface area contributed by atoms with Crippen LogP contribution < -0.4 is 4.90 Å². The Morgan fingerprint density at radius 2 is 1.95 bits per heavy atom. The summed E-state index contributed by atoms with van der Waals surface area (Å²) < 4.78 is 0. The molecule has 0 saturated heterocycles. The minimum Gasteiger partial charge on any atom is -0.311 e. The molecule has 1 amide bonds. The summed E-state index contributed by atoms with van der Waals surface area (Å²) in [4.78, 5) is 14.4. The van der Waals surface area contributed by atoms with Crippen LogP contribution in [0.3, 0.4) is 0 Å². The van der Waals surface area contributed by atoms with Crippen molar-refractivity contribution in [3.05, 3.63) is 28.8 Å². The zero-order valence-electron chi connectivity index (χ0n) is 12.8. The number of rotatable bonds is 7. The molecule has 2 nitrogen and oxygen atoms in total. The Balaban J connectivity index is 2.29. The lowest BCUT2D eigenvalue weighted by Gasteiger charge is -2.36. The normalized spacial score (nSPS) is 14.7. The fourth-order valence-corrected chi connectivity index (χ4v) is 4.26. The van der Waals surface area contributed by atoms with Crippen molar-refractivity contribution in [1.29, 1.82) is 0 Å². The maximum Gasteiger partial charge on any atom is 0.231 e. The van der Waals surface area contributed by atoms with Gasteiger partial charge in [0.15, 0.2) is 0 Å². The van der Waals surface area contributed by atoms with Crippen LogP contribution in [0.2, 0.25) is 5.02 Å². The maximum atomic E-state index is 12.4. The fraction of sp³-hybridized carbons (Fsp3) is 0.588. The van der Waals surface area contributed by atoms with Crippen LogP contribution >= 0.6 is 27.5 Å². The predicted molar refractivity (Wildman–Crippen MR) is 93.6 cm³/mol. The number of alkyl halides is 1. The number of hydrogen-bond donors (Lipinski definition) is 0. The summed E-state index contributed by atoms with van der Waals surface area (Å²) in [6.45, 7) is 5.21. The number of nitrogens with zero attached hydrogens (tertiary/aromatic N) is 1. The van der Waals surface area contributed by atoms with Crippen molar-refractivity contribution in [2.75, 3.05) is 16.8 Å². The molecule has 0 radical (unpaired) electrons. The summed E-state index contributed by atoms with van der Waals surface area (Å²) >= 11 is 9.81. The first kappa shape index (κ1) is 16.8. The van der Waals surface area contributed by atoms with Crippen molar-refractivity contribution in [3.8, 4) is 0 Å². The molecule has 0 atom stereocenters. The van der Waals surface area contributed by atoms with Crippen molar-refractivity contribution < 1.29 is 4.79 Å². The van der Waals surface area contributed by atoms with Crippen molar-refractivity contribution in [2.24, 2.45) is 5.41 Å². The van der Waals surface area contributed by atoms with Crippen LogP contribution in [-0.4, -0.2) is 17.8 Å². The van der Waals surface area contributed by atoms with Gasteiger partial charge in [0.2, 0.25) is 5.91 Å². The molecule has 2 rings (SSSR count). The Labute approximate surface area is 141 Å². The second kappa shape index (κ2) is 7.15. The third kappa shape index (κ3) is 3.62. The molecule has 0 unspecified atom stereocenters. The van der Waals surface area contributed by atoms with E-state index in [1.165, 1.54) is 0 Å². The molecule has 0 aromatic heterocycles. The van der Waals surface area contributed by atoms with Gasteiger partial charge in [0.1, 0.15) is 0 Å². The highest BCUT2D eigenvalue weighted by Crippen LogP contribution is 2.38. The van der Waals surface area contributed by atoms with Gasteiger partial charge in [-0.15, -0.1) is 0 Å². The van der Waals surface area contributed by atoms with Gasteiger partial charge in [-0.05, 0) is 36.0 Å². The molecule has 0 fully saturated rings. The zero-order chi connectivity index (χ0) is 15.5. The number of carbonyl (C=O) groups is 1. The molecule has 0 N–H and O–H groups in total. The summed E-state index contributed by atoms with van der Waals surface area (Å²) in [6.07, 6.45) is 5.03. The van der Waals surface area contributed by atoms with E-state index in [9.17, 15) is 4.79 Å². The lowest BCUT2D eigenvalue weighted by atomic mass is 9.80. The summed E-state index contributed by atoms with van der Waals surface area (Å²) in [6, 6.07) is 5.77. The molecule has 21 heavy (non-hydrogen) atoms. The Morgan fingerprint density at radius 3 is 2.52 bits per heavy atom. The Hall–Kier alpha value is -0.540. The van der Waals surface area contributed by atoms with Crippen molar-refractivity contribution in [2.45, 2.75) is 46.0 Å². The summed E-state index contributed by atoms with van der Waals surface area (Å²) in [5, 5.41) is 1.63. The molecule has 1 aromatic rings. The number of halogens is 2. The zero-order valence-corrected chi connectivity index (χ0v) is 15.1. The van der Waals surface area contributed by atoms with Crippen LogP contribution in [0.5, 0.6) is 0 Å². The third-order valence-electron chi connectivity index (χ3n) is 4.32. The van der Waals surface area contributed by atoms with Gasteiger partial charge in [0.05, 0.1) is 6.42 Å². The smallest absolute Gasteiger partial charge is 0.231 e. The summed E-state index contributed by atoms with van der Waals surface area (Å²) in [5.41, 5.74) is 2.26. The Bertz CT molecular complexity index is 512. The minimum absolute atomic E-state index is 0.156. The highest BCUT2D eigenvalue weighted by molar-refractivity contribution is 9.09. The monoisotopic (exact) mass is 371 g/mol. The molecule has 116 valence electrons. The number of anilines is 1. The number of carbonyl (C=O) groups excluding carboxylic acids is 1. The fourth-order valence-electron chi connectivity index (χ4n) is 3.36. The Kier molecular flexibility index (Phi) is 5.73. The van der Waals surface area contributed by atoms with Crippen LogP contribution in [0, 0.1) is 5.41 Å². The first-order valence-electron chi connectivity index (χ1n) is 7.70. The number of benzene rings is 1. The van der Waals surface area contributed by atoms with Gasteiger partial charge in [-0.2, -0.15) is 0 Å². The molecule has 0 saturated carbocycles. The number of hydrogen-bond acceptors (Lipinski definition) is 1. The molecule has 4 heteroatoms. The van der Waals surface area contributed by atoms with E-state index in [0.717, 1.165) is 48.8 Å². The average molecular weight is 373 g/mol. The highest BCUT2D eigenvalue weighted by atomic mass is 79.9. The van der Waals surface area contributed by atoms with Gasteiger partial charge in [0.25, 0.3) is 0 Å². The molecule has 0 aliphatic carbocycles. The first-order chi connectivity index (χ1) is 10.0. The maximum absolute atomic E-state index is 12.4. The number of fused-ring (bicyclic) bond motifs is 1. The lowest BCUT2D eigenvalue weighted by Crippen LogP contribution is -2.41. The molecule has 0 spiro atoms. The van der Waals surface area contributed by atoms with Gasteiger partial charge < -0.3 is 4.90 Å². The van der Waals surface area contributed by atoms with Crippen molar-refractivity contribution in [1.82, 2.24) is 0 Å². The molecular weight excluding hydrogens is 350 g/mol. The second-order valence-electron chi connectivity index (χ2n) is 6.06. The van der Waals surface area contributed by atoms with Crippen molar-refractivity contribution >= 4 is 39.1 Å². The highest BCUT2D eigenvalue weighted by Gasteiger charge is 2.36. The molecular formula is C17H23BrClNO. The van der Waals surface area contributed by atoms with Crippen LogP contribution in [0.25, 0.3) is 0 Å². The molecule has 1 aliphatic heterocycles. The van der Waals surface area contributed by atoms with Crippen LogP contribution in [0.4, 0.5) is 5.69 Å². The summed E-state index contributed by atoms with van der Waals surface area (Å²) in [7, 11) is 0. The standard InChI is InChI=1S/C17H23BrClNO/c1-3-7-17(11-18,8-4-2)12-20-15-10-14(19)6-5-13(15)9-16(20)21/h5-6,10H,3-4,7-9,11-12H2,1-2H3. The van der Waals surface area contributed by atoms with E-state index < -0.39 is 0 Å². The minimum atomic E-state index is 0.156. The van der Waals surface area contributed by atoms with Gasteiger partial charge in [0, 0.05) is 22.6 Å². The SMILES string of the molecule is CCCC(CBr)(CCC)CN1C(=O)Cc2ccc(Cl)cc21. The second-order valence-corrected chi connectivity index (χ2v) is 7.06. The third-order valence-corrected chi connectivity index (χ3v) is 5.74. The van der Waals surface area contributed by atoms with E-state index >= 15 is 0 Å². The van der Waals surface area contributed by atoms with E-state index in [4.69, 9.17) is 11.6 Å². The molecule has 0 bridgehead atoms. The first-order valence-corrected chi connectivity index (χ1v) is 9.20. The Morgan fingerprint density at radius 1 is 1.29 bits per heavy atom. The lowest BCUT2D eigenvalue weighted by molar-refractivity contribution is -0.117. The van der Waals surface area contributed by atoms with Gasteiger partial charge >= 0.3 is 0 Å². The predicted octanol–water partition coefficient (Wildman–Crippen LogP) is 5.21. The largest absolute Gasteiger partial charge is 0.311 e. The molecule has 1 aromatic carbocycles. The van der Waals surface area contributed by atoms with E-state index in [1.807, 2.05) is 23.1 Å². The summed E-state index contributed by atoms with van der Waals surface area (Å²) in [5.74, 6) is 0.199. The molecule has 1 heterocycles. The van der Waals surface area contributed by atoms with Crippen LogP contribution in [0.15, 0.2) is 18.2 Å². The van der Waals surface area contributed by atoms with Gasteiger partial charge in [-0.25, -0.2) is 0 Å². The van der Waals surface area contributed by atoms with Crippen LogP contribution in [-0.2, 0) is 11.2 Å². The van der Waals surface area contributed by atoms with E-state index in [-0.39, 0.29) is 11.3 Å². The van der Waals surface area contributed by atoms with Gasteiger partial charge in [-0.1, -0.05) is 60.3 Å². The quantitative estimate of drug-likeness (QED) is 0.602. The number of amides is 1. The average Bonchev–Trinajstić information content (AvgIpc) is 2.75. The van der Waals surface area contributed by atoms with E-state index in [0.29, 0.717) is 11.4 Å². The topological polar surface area (TPSA) is 20.3 Å². The van der Waals surface area contributed by atoms with E-state index in [1.54, 1.807) is 0 Å². The van der Waals surface area contributed by atoms with Gasteiger partial charge in [-0.3, -0.25) is 4.79 Å². The van der Waals surface area contributed by atoms with Crippen LogP contribution in [0.1, 0.15) is 45.1 Å². The van der Waals surface area contributed by atoms with E-state index in [2.05, 4.69) is 29.8 Å².